The van der Waals surface area contributed by atoms with Crippen LogP contribution >= 0.6 is 46.4 Å². The van der Waals surface area contributed by atoms with Crippen LogP contribution in [0.3, 0.4) is 0 Å². The molecule has 0 heterocycles. The van der Waals surface area contributed by atoms with Crippen molar-refractivity contribution in [3.63, 3.8) is 0 Å². The molecule has 1 N–H and O–H groups in total. The molecule has 0 unspecified atom stereocenters. The number of carboxylic acid groups (broad SMARTS) is 1. The maximum atomic E-state index is 14.2. The monoisotopic (exact) mass is 813 g/mol. The molecule has 0 aliphatic rings. The third-order valence-corrected chi connectivity index (χ3v) is 8.31. The number of rotatable bonds is 10. The van der Waals surface area contributed by atoms with Crippen LogP contribution in [0.1, 0.15) is 20.7 Å². The van der Waals surface area contributed by atoms with Gasteiger partial charge in [0.15, 0.2) is 0 Å². The Kier molecular flexibility index (Phi) is 12.8. The summed E-state index contributed by atoms with van der Waals surface area (Å²) in [5.74, 6) is -38.5. The average Bonchev–Trinajstić information content (AvgIpc) is 2.87. The fourth-order valence-corrected chi connectivity index (χ4v) is 4.87. The van der Waals surface area contributed by atoms with E-state index >= 15 is 0 Å². The quantitative estimate of drug-likeness (QED) is 0.126. The summed E-state index contributed by atoms with van der Waals surface area (Å²) in [6.45, 7) is 0. The molecule has 2 aromatic rings. The van der Waals surface area contributed by atoms with E-state index < -0.39 is 99.8 Å². The minimum atomic E-state index is -8.42. The van der Waals surface area contributed by atoms with Crippen LogP contribution in [0, 0.1) is 0 Å². The summed E-state index contributed by atoms with van der Waals surface area (Å²) in [6.07, 6.45) is -7.72. The number of hydrogen-bond acceptors (Lipinski definition) is 6. The van der Waals surface area contributed by atoms with Crippen molar-refractivity contribution in [3.05, 3.63) is 55.5 Å². The van der Waals surface area contributed by atoms with Gasteiger partial charge in [0.05, 0.1) is 31.6 Å². The van der Waals surface area contributed by atoms with Gasteiger partial charge in [-0.05, 0) is 12.1 Å². The molecule has 0 bridgehead atoms. The van der Waals surface area contributed by atoms with Gasteiger partial charge in [-0.25, -0.2) is 0 Å². The van der Waals surface area contributed by atoms with Gasteiger partial charge in [0.25, 0.3) is 5.91 Å². The van der Waals surface area contributed by atoms with Crippen LogP contribution in [0.25, 0.3) is 0 Å². The normalized spacial score (nSPS) is 13.6. The van der Waals surface area contributed by atoms with E-state index in [0.29, 0.717) is 12.1 Å². The molecule has 0 aliphatic carbocycles. The number of hydrogen-bond donors (Lipinski definition) is 1. The number of carbonyl (C=O) groups is 2. The number of benzene rings is 2. The number of amides is 1. The zero-order valence-corrected chi connectivity index (χ0v) is 28.1. The number of aromatic carboxylic acids is 1. The first-order chi connectivity index (χ1) is 19.9. The SMILES string of the molecule is O=C([O-])c1c(Cl)c(Cl)c(Cl)c(Cl)c1C(=O)Nc1cccc(OS(=O)(=O)C(F)(F)C(F)(F)C(F)(F)C(F)(F)C(F)(F)C(F)(F)F)c1.[K+]. The molecule has 1 amide bonds. The topological polar surface area (TPSA) is 113 Å². The summed E-state index contributed by atoms with van der Waals surface area (Å²) in [7, 11) is -7.73. The van der Waals surface area contributed by atoms with E-state index in [1.807, 2.05) is 0 Å². The minimum Gasteiger partial charge on any atom is -0.545 e. The first-order valence-corrected chi connectivity index (χ1v) is 13.2. The van der Waals surface area contributed by atoms with Crippen molar-refractivity contribution in [2.45, 2.75) is 35.1 Å². The van der Waals surface area contributed by atoms with E-state index in [-0.39, 0.29) is 63.5 Å². The Bertz CT molecular complexity index is 1660. The Morgan fingerprint density at radius 3 is 1.57 bits per heavy atom. The number of alkyl halides is 13. The number of anilines is 1. The first kappa shape index (κ1) is 43.0. The van der Waals surface area contributed by atoms with Crippen molar-refractivity contribution in [1.29, 1.82) is 0 Å². The second-order valence-electron chi connectivity index (χ2n) is 8.12. The van der Waals surface area contributed by atoms with Crippen molar-refractivity contribution in [2.75, 3.05) is 5.32 Å². The van der Waals surface area contributed by atoms with Crippen LogP contribution in [-0.4, -0.2) is 55.4 Å². The molecule has 46 heavy (non-hydrogen) atoms. The summed E-state index contributed by atoms with van der Waals surface area (Å²) in [4.78, 5) is 24.2. The molecule has 2 rings (SSSR count). The van der Waals surface area contributed by atoms with Crippen molar-refractivity contribution >= 4 is 74.1 Å². The Labute approximate surface area is 308 Å². The number of carboxylic acids is 1. The van der Waals surface area contributed by atoms with Crippen molar-refractivity contribution in [2.24, 2.45) is 0 Å². The van der Waals surface area contributed by atoms with Crippen LogP contribution in [0.4, 0.5) is 62.8 Å². The van der Waals surface area contributed by atoms with Crippen LogP contribution in [-0.2, 0) is 10.1 Å². The van der Waals surface area contributed by atoms with Crippen molar-refractivity contribution in [3.8, 4) is 5.75 Å². The maximum absolute atomic E-state index is 14.2. The summed E-state index contributed by atoms with van der Waals surface area (Å²) >= 11 is 22.9. The third-order valence-electron chi connectivity index (χ3n) is 5.21. The molecule has 0 saturated heterocycles. The second kappa shape index (κ2) is 13.7. The van der Waals surface area contributed by atoms with Gasteiger partial charge in [-0.15, -0.1) is 0 Å². The number of carbonyl (C=O) groups excluding carboxylic acids is 2. The van der Waals surface area contributed by atoms with E-state index in [9.17, 15) is 80.2 Å². The van der Waals surface area contributed by atoms with Gasteiger partial charge in [-0.2, -0.15) is 65.5 Å². The first-order valence-electron chi connectivity index (χ1n) is 10.3. The number of nitrogens with one attached hydrogen (secondary N) is 1. The van der Waals surface area contributed by atoms with Crippen LogP contribution in [0.5, 0.6) is 5.75 Å². The zero-order chi connectivity index (χ0) is 35.5. The zero-order valence-electron chi connectivity index (χ0n) is 21.1. The smallest absolute Gasteiger partial charge is 0.545 e. The standard InChI is InChI=1S/C20H6Cl4F13NO6S.K/c21-9-7(8(14(40)41)10(22)12(24)11(9)23)13(39)38-5-2-1-3-6(4-5)44-45(42,43)20(36,37)18(31,32)16(27,28)15(25,26)17(29,30)19(33,34)35;/h1-4H,(H,38,39)(H,40,41);/q;+1/p-1. The van der Waals surface area contributed by atoms with E-state index in [1.165, 1.54) is 0 Å². The van der Waals surface area contributed by atoms with Crippen molar-refractivity contribution in [1.82, 2.24) is 0 Å². The van der Waals surface area contributed by atoms with Crippen molar-refractivity contribution < 1.29 is 136 Å². The molecule has 0 aromatic heterocycles. The molecular formula is C20H5Cl4F13KNO6S. The molecule has 252 valence electrons. The van der Waals surface area contributed by atoms with E-state index in [4.69, 9.17) is 46.4 Å². The fourth-order valence-electron chi connectivity index (χ4n) is 2.95. The summed E-state index contributed by atoms with van der Waals surface area (Å²) in [5.41, 5.74) is -3.11. The van der Waals surface area contributed by atoms with Gasteiger partial charge >= 0.3 is 96.6 Å². The second-order valence-corrected chi connectivity index (χ2v) is 11.2. The third kappa shape index (κ3) is 7.02. The Morgan fingerprint density at radius 2 is 1.13 bits per heavy atom. The Morgan fingerprint density at radius 1 is 0.696 bits per heavy atom. The molecule has 0 atom stereocenters. The van der Waals surface area contributed by atoms with Gasteiger partial charge in [-0.1, -0.05) is 52.5 Å². The molecular weight excluding hydrogens is 810 g/mol. The minimum absolute atomic E-state index is 0. The van der Waals surface area contributed by atoms with Gasteiger partial charge in [-0.3, -0.25) is 4.79 Å². The van der Waals surface area contributed by atoms with Crippen LogP contribution in [0.15, 0.2) is 24.3 Å². The summed E-state index contributed by atoms with van der Waals surface area (Å²) in [5, 5.41) is 2.42. The predicted octanol–water partition coefficient (Wildman–Crippen LogP) is 4.32. The molecule has 2 aromatic carbocycles. The van der Waals surface area contributed by atoms with Crippen LogP contribution < -0.4 is 66.0 Å². The van der Waals surface area contributed by atoms with Gasteiger partial charge in [0, 0.05) is 17.3 Å². The van der Waals surface area contributed by atoms with Gasteiger partial charge in [0.2, 0.25) is 0 Å². The van der Waals surface area contributed by atoms with E-state index in [2.05, 4.69) is 4.18 Å². The predicted molar refractivity (Wildman–Crippen MR) is 126 cm³/mol. The molecule has 7 nitrogen and oxygen atoms in total. The Balaban J connectivity index is 0.0000106. The van der Waals surface area contributed by atoms with Crippen LogP contribution in [0.2, 0.25) is 20.1 Å². The van der Waals surface area contributed by atoms with E-state index in [0.717, 1.165) is 0 Å². The molecule has 0 saturated carbocycles. The number of halogens is 17. The Hall–Kier alpha value is -0.984. The average molecular weight is 815 g/mol. The molecule has 0 radical (unpaired) electrons. The fraction of sp³-hybridized carbons (Fsp3) is 0.300. The summed E-state index contributed by atoms with van der Waals surface area (Å²) in [6, 6.07) is 1.62. The van der Waals surface area contributed by atoms with Gasteiger partial charge in [0.1, 0.15) is 5.75 Å². The largest absolute Gasteiger partial charge is 1.00 e. The molecule has 0 fully saturated rings. The maximum Gasteiger partial charge on any atom is 1.00 e. The molecule has 0 spiro atoms. The summed E-state index contributed by atoms with van der Waals surface area (Å²) < 4.78 is 200. The van der Waals surface area contributed by atoms with E-state index in [1.54, 1.807) is 5.32 Å². The molecule has 26 heteroatoms. The van der Waals surface area contributed by atoms with Gasteiger partial charge < -0.3 is 19.4 Å². The molecule has 0 aliphatic heterocycles.